The van der Waals surface area contributed by atoms with Crippen LogP contribution in [0.1, 0.15) is 47.8 Å². The zero-order chi connectivity index (χ0) is 19.6. The number of hydrogen-bond acceptors (Lipinski definition) is 6. The molecule has 0 saturated carbocycles. The van der Waals surface area contributed by atoms with Crippen LogP contribution in [0.2, 0.25) is 0 Å². The molecule has 9 heteroatoms. The molecule has 3 N–H and O–H groups in total. The first-order chi connectivity index (χ1) is 12.8. The molecule has 0 bridgehead atoms. The van der Waals surface area contributed by atoms with E-state index in [1.165, 1.54) is 12.1 Å². The number of furan rings is 1. The van der Waals surface area contributed by atoms with E-state index in [2.05, 4.69) is 5.32 Å². The highest BCUT2D eigenvalue weighted by atomic mass is 32.2. The van der Waals surface area contributed by atoms with Gasteiger partial charge in [-0.25, -0.2) is 0 Å². The van der Waals surface area contributed by atoms with E-state index in [1.54, 1.807) is 23.5 Å². The molecule has 0 aliphatic carbocycles. The van der Waals surface area contributed by atoms with Crippen LogP contribution in [0, 0.1) is 5.92 Å². The summed E-state index contributed by atoms with van der Waals surface area (Å²) in [4.78, 5) is 38.1. The smallest absolute Gasteiger partial charge is 0.287 e. The van der Waals surface area contributed by atoms with Gasteiger partial charge in [0.15, 0.2) is 11.5 Å². The number of thioether (sulfide) groups is 2. The van der Waals surface area contributed by atoms with Crippen molar-refractivity contribution < 1.29 is 18.8 Å². The SMILES string of the molecule is CC(C)(NC(=O)c1ccc(C(N)=O)o1)C1CCN(C(=O)C2SCCS2)CC1. The molecule has 148 valence electrons. The second-order valence-electron chi connectivity index (χ2n) is 7.38. The maximum absolute atomic E-state index is 12.5. The molecule has 7 nitrogen and oxygen atoms in total. The van der Waals surface area contributed by atoms with Crippen molar-refractivity contribution >= 4 is 41.2 Å². The first kappa shape index (κ1) is 20.1. The minimum absolute atomic E-state index is 0.0348. The van der Waals surface area contributed by atoms with Gasteiger partial charge in [-0.15, -0.1) is 23.5 Å². The molecule has 0 spiro atoms. The Morgan fingerprint density at radius 3 is 2.30 bits per heavy atom. The van der Waals surface area contributed by atoms with Crippen LogP contribution in [0.3, 0.4) is 0 Å². The molecule has 2 saturated heterocycles. The molecule has 2 fully saturated rings. The van der Waals surface area contributed by atoms with Crippen LogP contribution in [0.25, 0.3) is 0 Å². The summed E-state index contributed by atoms with van der Waals surface area (Å²) in [6, 6.07) is 2.84. The Morgan fingerprint density at radius 1 is 1.15 bits per heavy atom. The molecular formula is C18H25N3O4S2. The van der Waals surface area contributed by atoms with Gasteiger partial charge in [0.25, 0.3) is 11.8 Å². The minimum atomic E-state index is -0.705. The van der Waals surface area contributed by atoms with Gasteiger partial charge in [-0.1, -0.05) is 0 Å². The van der Waals surface area contributed by atoms with E-state index in [0.717, 1.165) is 24.3 Å². The van der Waals surface area contributed by atoms with Crippen LogP contribution >= 0.6 is 23.5 Å². The number of nitrogens with one attached hydrogen (secondary N) is 1. The lowest BCUT2D eigenvalue weighted by atomic mass is 9.80. The number of nitrogens with two attached hydrogens (primary N) is 1. The molecule has 27 heavy (non-hydrogen) atoms. The number of rotatable bonds is 5. The van der Waals surface area contributed by atoms with Crippen LogP contribution in [0.4, 0.5) is 0 Å². The number of carbonyl (C=O) groups excluding carboxylic acids is 3. The molecule has 2 aliphatic heterocycles. The number of hydrogen-bond donors (Lipinski definition) is 2. The summed E-state index contributed by atoms with van der Waals surface area (Å²) in [6.07, 6.45) is 1.68. The summed E-state index contributed by atoms with van der Waals surface area (Å²) >= 11 is 3.46. The van der Waals surface area contributed by atoms with E-state index in [9.17, 15) is 14.4 Å². The van der Waals surface area contributed by atoms with Crippen LogP contribution in [0.15, 0.2) is 16.5 Å². The average molecular weight is 412 g/mol. The molecule has 0 radical (unpaired) electrons. The summed E-state index contributed by atoms with van der Waals surface area (Å²) in [6.45, 7) is 5.39. The Balaban J connectivity index is 1.55. The first-order valence-corrected chi connectivity index (χ1v) is 11.1. The Bertz CT molecular complexity index is 720. The van der Waals surface area contributed by atoms with Gasteiger partial charge < -0.3 is 20.4 Å². The fourth-order valence-corrected chi connectivity index (χ4v) is 6.26. The second-order valence-corrected chi connectivity index (χ2v) is 10.1. The zero-order valence-corrected chi connectivity index (χ0v) is 17.2. The maximum Gasteiger partial charge on any atom is 0.287 e. The van der Waals surface area contributed by atoms with Crippen molar-refractivity contribution in [2.75, 3.05) is 24.6 Å². The molecular weight excluding hydrogens is 386 g/mol. The Labute approximate surface area is 167 Å². The van der Waals surface area contributed by atoms with Gasteiger partial charge in [0.05, 0.1) is 0 Å². The largest absolute Gasteiger partial charge is 0.446 e. The molecule has 3 heterocycles. The highest BCUT2D eigenvalue weighted by molar-refractivity contribution is 8.21. The molecule has 0 atom stereocenters. The van der Waals surface area contributed by atoms with Crippen molar-refractivity contribution in [3.8, 4) is 0 Å². The number of primary amides is 1. The van der Waals surface area contributed by atoms with Gasteiger partial charge in [0, 0.05) is 30.1 Å². The van der Waals surface area contributed by atoms with Crippen molar-refractivity contribution in [1.29, 1.82) is 0 Å². The number of likely N-dealkylation sites (tertiary alicyclic amines) is 1. The van der Waals surface area contributed by atoms with E-state index < -0.39 is 11.4 Å². The maximum atomic E-state index is 12.5. The minimum Gasteiger partial charge on any atom is -0.446 e. The molecule has 3 rings (SSSR count). The van der Waals surface area contributed by atoms with Crippen molar-refractivity contribution in [1.82, 2.24) is 10.2 Å². The third-order valence-corrected chi connectivity index (χ3v) is 8.12. The van der Waals surface area contributed by atoms with Crippen molar-refractivity contribution in [2.24, 2.45) is 11.7 Å². The summed E-state index contributed by atoms with van der Waals surface area (Å²) in [5.74, 6) is 1.53. The third-order valence-electron chi connectivity index (χ3n) is 5.16. The fourth-order valence-electron chi connectivity index (χ4n) is 3.52. The van der Waals surface area contributed by atoms with Gasteiger partial charge >= 0.3 is 0 Å². The zero-order valence-electron chi connectivity index (χ0n) is 15.5. The quantitative estimate of drug-likeness (QED) is 0.767. The summed E-state index contributed by atoms with van der Waals surface area (Å²) in [7, 11) is 0. The molecule has 0 unspecified atom stereocenters. The lowest BCUT2D eigenvalue weighted by Gasteiger charge is -2.41. The summed E-state index contributed by atoms with van der Waals surface area (Å²) in [5.41, 5.74) is 4.70. The Hall–Kier alpha value is -1.61. The topological polar surface area (TPSA) is 106 Å². The van der Waals surface area contributed by atoms with Gasteiger partial charge in [-0.05, 0) is 44.7 Å². The molecule has 2 aliphatic rings. The summed E-state index contributed by atoms with van der Waals surface area (Å²) in [5, 5.41) is 3.00. The predicted molar refractivity (Wildman–Crippen MR) is 107 cm³/mol. The average Bonchev–Trinajstić information content (AvgIpc) is 3.32. The lowest BCUT2D eigenvalue weighted by molar-refractivity contribution is -0.130. The van der Waals surface area contributed by atoms with Crippen LogP contribution in [0.5, 0.6) is 0 Å². The third kappa shape index (κ3) is 4.63. The van der Waals surface area contributed by atoms with Crippen molar-refractivity contribution in [2.45, 2.75) is 36.8 Å². The molecule has 0 aromatic carbocycles. The predicted octanol–water partition coefficient (Wildman–Crippen LogP) is 1.93. The molecule has 1 aromatic heterocycles. The number of nitrogens with zero attached hydrogens (tertiary/aromatic N) is 1. The van der Waals surface area contributed by atoms with E-state index in [-0.39, 0.29) is 33.8 Å². The van der Waals surface area contributed by atoms with Crippen LogP contribution < -0.4 is 11.1 Å². The fraction of sp³-hybridized carbons (Fsp3) is 0.611. The van der Waals surface area contributed by atoms with E-state index >= 15 is 0 Å². The first-order valence-electron chi connectivity index (χ1n) is 9.02. The monoisotopic (exact) mass is 411 g/mol. The van der Waals surface area contributed by atoms with E-state index in [1.807, 2.05) is 18.7 Å². The molecule has 1 aromatic rings. The standard InChI is InChI=1S/C18H25N3O4S2/c1-18(2,20-15(23)13-4-3-12(25-13)14(19)22)11-5-7-21(8-6-11)16(24)17-26-9-10-27-17/h3-4,11,17H,5-10H2,1-2H3,(H2,19,22)(H,20,23). The second kappa shape index (κ2) is 8.18. The number of piperidine rings is 1. The van der Waals surface area contributed by atoms with Crippen molar-refractivity contribution in [3.05, 3.63) is 23.7 Å². The number of amides is 3. The van der Waals surface area contributed by atoms with Gasteiger partial charge in [0.2, 0.25) is 5.91 Å². The Kier molecular flexibility index (Phi) is 6.10. The molecule has 3 amide bonds. The summed E-state index contributed by atoms with van der Waals surface area (Å²) < 4.78 is 5.25. The normalized spacial score (nSPS) is 19.3. The van der Waals surface area contributed by atoms with Gasteiger partial charge in [0.1, 0.15) is 4.58 Å². The highest BCUT2D eigenvalue weighted by Crippen LogP contribution is 2.35. The van der Waals surface area contributed by atoms with Crippen LogP contribution in [-0.4, -0.2) is 57.3 Å². The number of carbonyl (C=O) groups is 3. The van der Waals surface area contributed by atoms with E-state index in [4.69, 9.17) is 10.2 Å². The highest BCUT2D eigenvalue weighted by Gasteiger charge is 2.37. The van der Waals surface area contributed by atoms with Crippen molar-refractivity contribution in [3.63, 3.8) is 0 Å². The van der Waals surface area contributed by atoms with Gasteiger partial charge in [-0.3, -0.25) is 14.4 Å². The van der Waals surface area contributed by atoms with Gasteiger partial charge in [-0.2, -0.15) is 0 Å². The van der Waals surface area contributed by atoms with Crippen LogP contribution in [-0.2, 0) is 4.79 Å². The van der Waals surface area contributed by atoms with E-state index in [0.29, 0.717) is 13.1 Å². The Morgan fingerprint density at radius 2 is 1.74 bits per heavy atom. The lowest BCUT2D eigenvalue weighted by Crippen LogP contribution is -2.53.